The summed E-state index contributed by atoms with van der Waals surface area (Å²) in [4.78, 5) is 11.0. The number of halogens is 4. The summed E-state index contributed by atoms with van der Waals surface area (Å²) in [7, 11) is 0. The minimum Gasteiger partial charge on any atom is -0.435 e. The molecule has 0 fully saturated rings. The van der Waals surface area contributed by atoms with Gasteiger partial charge in [0.2, 0.25) is 0 Å². The third kappa shape index (κ3) is 2.95. The van der Waals surface area contributed by atoms with Crippen LogP contribution in [0, 0.1) is 0 Å². The number of ketones is 1. The Kier molecular flexibility index (Phi) is 3.87. The number of carbonyl (C=O) groups excluding carboxylic acids is 1. The van der Waals surface area contributed by atoms with Gasteiger partial charge in [-0.15, -0.1) is 0 Å². The molecule has 0 aliphatic carbocycles. The molecule has 0 aromatic heterocycles. The van der Waals surface area contributed by atoms with E-state index in [1.54, 1.807) is 0 Å². The molecule has 0 aliphatic rings. The molecule has 88 valence electrons. The minimum atomic E-state index is -3.06. The molecule has 0 heterocycles. The Balaban J connectivity index is 3.12. The largest absolute Gasteiger partial charge is 0.435 e. The van der Waals surface area contributed by atoms with Crippen molar-refractivity contribution in [2.75, 3.05) is 0 Å². The van der Waals surface area contributed by atoms with Crippen molar-refractivity contribution in [1.29, 1.82) is 0 Å². The average molecular weight is 236 g/mol. The van der Waals surface area contributed by atoms with Crippen LogP contribution in [0.1, 0.15) is 29.3 Å². The van der Waals surface area contributed by atoms with Crippen LogP contribution >= 0.6 is 0 Å². The van der Waals surface area contributed by atoms with E-state index in [-0.39, 0.29) is 11.3 Å². The Hall–Kier alpha value is -1.59. The molecule has 0 saturated heterocycles. The average Bonchev–Trinajstić information content (AvgIpc) is 2.16. The number of hydrogen-bond donors (Lipinski definition) is 0. The zero-order valence-electron chi connectivity index (χ0n) is 8.22. The number of benzene rings is 1. The van der Waals surface area contributed by atoms with Crippen LogP contribution in [0.15, 0.2) is 18.2 Å². The SMILES string of the molecule is CC(=O)c1cc(OC(F)F)ccc1C(F)F. The zero-order chi connectivity index (χ0) is 12.3. The maximum absolute atomic E-state index is 12.4. The van der Waals surface area contributed by atoms with Gasteiger partial charge in [-0.1, -0.05) is 0 Å². The van der Waals surface area contributed by atoms with E-state index >= 15 is 0 Å². The van der Waals surface area contributed by atoms with Crippen LogP contribution in [0.3, 0.4) is 0 Å². The lowest BCUT2D eigenvalue weighted by Crippen LogP contribution is -2.05. The van der Waals surface area contributed by atoms with Gasteiger partial charge in [-0.25, -0.2) is 8.78 Å². The molecule has 0 bridgehead atoms. The van der Waals surface area contributed by atoms with Crippen LogP contribution in [0.5, 0.6) is 5.75 Å². The summed E-state index contributed by atoms with van der Waals surface area (Å²) in [6.07, 6.45) is -2.83. The molecule has 0 aliphatic heterocycles. The molecule has 0 N–H and O–H groups in total. The van der Waals surface area contributed by atoms with Gasteiger partial charge >= 0.3 is 6.61 Å². The van der Waals surface area contributed by atoms with Crippen molar-refractivity contribution in [3.8, 4) is 5.75 Å². The molecule has 0 saturated carbocycles. The fraction of sp³-hybridized carbons (Fsp3) is 0.300. The molecule has 1 aromatic carbocycles. The molecule has 16 heavy (non-hydrogen) atoms. The van der Waals surface area contributed by atoms with Gasteiger partial charge in [-0.2, -0.15) is 8.78 Å². The number of alkyl halides is 4. The first kappa shape index (κ1) is 12.5. The fourth-order valence-corrected chi connectivity index (χ4v) is 1.21. The van der Waals surface area contributed by atoms with Crippen LogP contribution in [0.4, 0.5) is 17.6 Å². The van der Waals surface area contributed by atoms with E-state index in [0.717, 1.165) is 25.1 Å². The lowest BCUT2D eigenvalue weighted by Gasteiger charge is -2.09. The van der Waals surface area contributed by atoms with Gasteiger partial charge in [-0.05, 0) is 25.1 Å². The van der Waals surface area contributed by atoms with Crippen molar-refractivity contribution < 1.29 is 27.1 Å². The van der Waals surface area contributed by atoms with Gasteiger partial charge in [0, 0.05) is 11.1 Å². The summed E-state index contributed by atoms with van der Waals surface area (Å²) in [6.45, 7) is -1.98. The molecule has 0 spiro atoms. The van der Waals surface area contributed by atoms with Crippen LogP contribution < -0.4 is 4.74 Å². The van der Waals surface area contributed by atoms with E-state index in [0.29, 0.717) is 0 Å². The highest BCUT2D eigenvalue weighted by Gasteiger charge is 2.17. The first-order valence-corrected chi connectivity index (χ1v) is 4.29. The van der Waals surface area contributed by atoms with Crippen LogP contribution in [-0.4, -0.2) is 12.4 Å². The number of rotatable bonds is 4. The van der Waals surface area contributed by atoms with Crippen LogP contribution in [0.2, 0.25) is 0 Å². The molecule has 0 radical (unpaired) electrons. The number of ether oxygens (including phenoxy) is 1. The smallest absolute Gasteiger partial charge is 0.387 e. The number of Topliss-reactive ketones (excluding diaryl/α,β-unsaturated/α-hetero) is 1. The van der Waals surface area contributed by atoms with E-state index in [1.165, 1.54) is 0 Å². The molecule has 1 aromatic rings. The molecule has 0 atom stereocenters. The Bertz CT molecular complexity index is 390. The standard InChI is InChI=1S/C10H8F4O2/c1-5(15)8-4-6(16-10(13)14)2-3-7(8)9(11)12/h2-4,9-10H,1H3. The Morgan fingerprint density at radius 2 is 1.88 bits per heavy atom. The Morgan fingerprint density at radius 3 is 2.31 bits per heavy atom. The van der Waals surface area contributed by atoms with Crippen molar-refractivity contribution in [3.05, 3.63) is 29.3 Å². The van der Waals surface area contributed by atoms with Gasteiger partial charge in [0.05, 0.1) is 0 Å². The molecule has 0 unspecified atom stereocenters. The summed E-state index contributed by atoms with van der Waals surface area (Å²) in [5, 5.41) is 0. The Labute approximate surface area is 88.8 Å². The van der Waals surface area contributed by atoms with Crippen molar-refractivity contribution in [3.63, 3.8) is 0 Å². The second-order valence-electron chi connectivity index (χ2n) is 2.98. The van der Waals surface area contributed by atoms with Crippen molar-refractivity contribution in [2.45, 2.75) is 20.0 Å². The normalized spacial score (nSPS) is 10.9. The molecule has 6 heteroatoms. The lowest BCUT2D eigenvalue weighted by molar-refractivity contribution is -0.0499. The van der Waals surface area contributed by atoms with Crippen molar-refractivity contribution >= 4 is 5.78 Å². The van der Waals surface area contributed by atoms with Gasteiger partial charge in [0.1, 0.15) is 5.75 Å². The second kappa shape index (κ2) is 4.96. The molecular weight excluding hydrogens is 228 g/mol. The van der Waals surface area contributed by atoms with E-state index in [9.17, 15) is 22.4 Å². The number of hydrogen-bond acceptors (Lipinski definition) is 2. The van der Waals surface area contributed by atoms with Crippen molar-refractivity contribution in [2.24, 2.45) is 0 Å². The lowest BCUT2D eigenvalue weighted by atomic mass is 10.0. The molecular formula is C10H8F4O2. The van der Waals surface area contributed by atoms with Crippen LogP contribution in [0.25, 0.3) is 0 Å². The summed E-state index contributed by atoms with van der Waals surface area (Å²) in [5.41, 5.74) is -0.803. The number of carbonyl (C=O) groups is 1. The summed E-state index contributed by atoms with van der Waals surface area (Å²) >= 11 is 0. The first-order chi connectivity index (χ1) is 7.41. The molecule has 0 amide bonds. The zero-order valence-corrected chi connectivity index (χ0v) is 8.22. The highest BCUT2D eigenvalue weighted by Crippen LogP contribution is 2.27. The predicted molar refractivity (Wildman–Crippen MR) is 48.0 cm³/mol. The maximum atomic E-state index is 12.4. The topological polar surface area (TPSA) is 26.3 Å². The van der Waals surface area contributed by atoms with Crippen molar-refractivity contribution in [1.82, 2.24) is 0 Å². The van der Waals surface area contributed by atoms with Gasteiger partial charge in [-0.3, -0.25) is 4.79 Å². The molecule has 1 rings (SSSR count). The quantitative estimate of drug-likeness (QED) is 0.591. The van der Waals surface area contributed by atoms with E-state index in [4.69, 9.17) is 0 Å². The van der Waals surface area contributed by atoms with Gasteiger partial charge in [0.15, 0.2) is 5.78 Å². The second-order valence-corrected chi connectivity index (χ2v) is 2.98. The summed E-state index contributed by atoms with van der Waals surface area (Å²) in [6, 6.07) is 2.76. The fourth-order valence-electron chi connectivity index (χ4n) is 1.21. The van der Waals surface area contributed by atoms with Gasteiger partial charge < -0.3 is 4.74 Å². The summed E-state index contributed by atoms with van der Waals surface area (Å²) in [5.74, 6) is -0.945. The highest BCUT2D eigenvalue weighted by atomic mass is 19.3. The van der Waals surface area contributed by atoms with Gasteiger partial charge in [0.25, 0.3) is 6.43 Å². The monoisotopic (exact) mass is 236 g/mol. The maximum Gasteiger partial charge on any atom is 0.387 e. The summed E-state index contributed by atoms with van der Waals surface area (Å²) < 4.78 is 52.6. The minimum absolute atomic E-state index is 0.312. The first-order valence-electron chi connectivity index (χ1n) is 4.29. The highest BCUT2D eigenvalue weighted by molar-refractivity contribution is 5.96. The van der Waals surface area contributed by atoms with E-state index in [1.807, 2.05) is 0 Å². The third-order valence-corrected chi connectivity index (χ3v) is 1.86. The van der Waals surface area contributed by atoms with Crippen LogP contribution in [-0.2, 0) is 0 Å². The third-order valence-electron chi connectivity index (χ3n) is 1.86. The van der Waals surface area contributed by atoms with E-state index < -0.39 is 24.4 Å². The van der Waals surface area contributed by atoms with E-state index in [2.05, 4.69) is 4.74 Å². The molecule has 2 nitrogen and oxygen atoms in total. The Morgan fingerprint density at radius 1 is 1.25 bits per heavy atom. The predicted octanol–water partition coefficient (Wildman–Crippen LogP) is 3.43.